The van der Waals surface area contributed by atoms with E-state index in [0.717, 1.165) is 11.1 Å². The minimum atomic E-state index is -1.86. The topological polar surface area (TPSA) is 117 Å². The van der Waals surface area contributed by atoms with Crippen molar-refractivity contribution in [2.75, 3.05) is 24.5 Å². The number of aliphatic hydroxyl groups is 2. The highest BCUT2D eigenvalue weighted by Gasteiger charge is 2.35. The van der Waals surface area contributed by atoms with Crippen molar-refractivity contribution in [3.63, 3.8) is 0 Å². The van der Waals surface area contributed by atoms with Crippen LogP contribution in [0.5, 0.6) is 0 Å². The van der Waals surface area contributed by atoms with E-state index in [2.05, 4.69) is 5.32 Å². The molecule has 0 aliphatic carbocycles. The number of benzene rings is 2. The quantitative estimate of drug-likeness (QED) is 0.591. The van der Waals surface area contributed by atoms with Crippen LogP contribution in [0.3, 0.4) is 0 Å². The number of rotatable bonds is 6. The third kappa shape index (κ3) is 4.88. The fraction of sp³-hybridized carbons (Fsp3) is 0.400. The van der Waals surface area contributed by atoms with Crippen molar-refractivity contribution in [3.05, 3.63) is 65.0 Å². The van der Waals surface area contributed by atoms with Gasteiger partial charge >= 0.3 is 0 Å². The van der Waals surface area contributed by atoms with Gasteiger partial charge in [-0.25, -0.2) is 4.39 Å². The molecule has 0 radical (unpaired) electrons. The molecule has 2 heterocycles. The predicted octanol–water partition coefficient (Wildman–Crippen LogP) is 1.29. The van der Waals surface area contributed by atoms with E-state index >= 15 is 0 Å². The molecule has 8 nitrogen and oxygen atoms in total. The summed E-state index contributed by atoms with van der Waals surface area (Å²) in [5.74, 6) is -1.91. The lowest BCUT2D eigenvalue weighted by molar-refractivity contribution is -0.153. The van der Waals surface area contributed by atoms with Crippen molar-refractivity contribution >= 4 is 17.5 Å². The molecule has 2 aliphatic rings. The van der Waals surface area contributed by atoms with E-state index < -0.39 is 29.8 Å². The number of hydrogen-bond donors (Lipinski definition) is 3. The molecule has 2 aliphatic heterocycles. The van der Waals surface area contributed by atoms with Crippen LogP contribution in [0, 0.1) is 23.1 Å². The van der Waals surface area contributed by atoms with Crippen molar-refractivity contribution in [2.24, 2.45) is 5.92 Å². The van der Waals surface area contributed by atoms with Gasteiger partial charge in [-0.05, 0) is 42.0 Å². The molecular weight excluding hydrogens is 439 g/mol. The van der Waals surface area contributed by atoms with Gasteiger partial charge < -0.3 is 25.3 Å². The van der Waals surface area contributed by atoms with E-state index in [9.17, 15) is 29.5 Å². The molecule has 0 bridgehead atoms. The Morgan fingerprint density at radius 2 is 1.71 bits per heavy atom. The van der Waals surface area contributed by atoms with Crippen LogP contribution < -0.4 is 10.2 Å². The minimum Gasteiger partial charge on any atom is -0.380 e. The Morgan fingerprint density at radius 3 is 2.32 bits per heavy atom. The van der Waals surface area contributed by atoms with Gasteiger partial charge in [0.2, 0.25) is 0 Å². The van der Waals surface area contributed by atoms with Crippen LogP contribution in [0.2, 0.25) is 0 Å². The zero-order valence-corrected chi connectivity index (χ0v) is 18.7. The summed E-state index contributed by atoms with van der Waals surface area (Å²) in [6, 6.07) is 14.0. The van der Waals surface area contributed by atoms with Gasteiger partial charge in [-0.3, -0.25) is 9.59 Å². The molecule has 2 aromatic rings. The lowest BCUT2D eigenvalue weighted by Crippen LogP contribution is -2.50. The summed E-state index contributed by atoms with van der Waals surface area (Å²) in [4.78, 5) is 28.4. The van der Waals surface area contributed by atoms with Crippen LogP contribution in [0.4, 0.5) is 10.1 Å². The van der Waals surface area contributed by atoms with Crippen molar-refractivity contribution in [2.45, 2.75) is 38.1 Å². The number of amides is 2. The van der Waals surface area contributed by atoms with E-state index in [-0.39, 0.29) is 18.0 Å². The van der Waals surface area contributed by atoms with Crippen molar-refractivity contribution in [3.8, 4) is 6.07 Å². The molecular formula is C25H27FN4O4. The second kappa shape index (κ2) is 10.2. The van der Waals surface area contributed by atoms with E-state index in [1.807, 2.05) is 35.2 Å². The number of piperidine rings is 1. The van der Waals surface area contributed by atoms with Crippen LogP contribution in [0.25, 0.3) is 0 Å². The molecule has 4 rings (SSSR count). The van der Waals surface area contributed by atoms with Gasteiger partial charge in [0.05, 0.1) is 5.69 Å². The first-order valence-electron chi connectivity index (χ1n) is 11.3. The second-order valence-electron chi connectivity index (χ2n) is 8.77. The summed E-state index contributed by atoms with van der Waals surface area (Å²) in [6.45, 7) is 2.14. The maximum absolute atomic E-state index is 13.9. The van der Waals surface area contributed by atoms with E-state index in [0.29, 0.717) is 44.7 Å². The summed E-state index contributed by atoms with van der Waals surface area (Å²) >= 11 is 0. The molecule has 9 heteroatoms. The van der Waals surface area contributed by atoms with Crippen LogP contribution in [-0.4, -0.2) is 58.8 Å². The summed E-state index contributed by atoms with van der Waals surface area (Å²) in [7, 11) is 0. The lowest BCUT2D eigenvalue weighted by atomic mass is 9.95. The van der Waals surface area contributed by atoms with Gasteiger partial charge in [-0.1, -0.05) is 30.3 Å². The average Bonchev–Trinajstić information content (AvgIpc) is 3.30. The lowest BCUT2D eigenvalue weighted by Gasteiger charge is -2.34. The molecule has 2 amide bonds. The SMILES string of the molecule is N#Cc1c(F)cccc1N1CCC(CNC(=O)[C@H](O)[C@@H](O)C(=O)N2Cc3ccccc3C2)CC1. The number of aliphatic hydroxyl groups excluding tert-OH is 2. The smallest absolute Gasteiger partial charge is 0.255 e. The van der Waals surface area contributed by atoms with Crippen molar-refractivity contribution in [1.82, 2.24) is 10.2 Å². The van der Waals surface area contributed by atoms with E-state index in [4.69, 9.17) is 0 Å². The number of carbonyl (C=O) groups is 2. The fourth-order valence-electron chi connectivity index (χ4n) is 4.57. The van der Waals surface area contributed by atoms with Crippen LogP contribution >= 0.6 is 0 Å². The van der Waals surface area contributed by atoms with Crippen LogP contribution in [-0.2, 0) is 22.7 Å². The maximum Gasteiger partial charge on any atom is 0.255 e. The zero-order chi connectivity index (χ0) is 24.2. The second-order valence-corrected chi connectivity index (χ2v) is 8.77. The van der Waals surface area contributed by atoms with E-state index in [1.54, 1.807) is 12.1 Å². The van der Waals surface area contributed by atoms with Crippen LogP contribution in [0.15, 0.2) is 42.5 Å². The summed E-state index contributed by atoms with van der Waals surface area (Å²) < 4.78 is 13.9. The molecule has 0 unspecified atom stereocenters. The fourth-order valence-corrected chi connectivity index (χ4v) is 4.57. The van der Waals surface area contributed by atoms with Crippen molar-refractivity contribution < 1.29 is 24.2 Å². The highest BCUT2D eigenvalue weighted by Crippen LogP contribution is 2.27. The van der Waals surface area contributed by atoms with Gasteiger partial charge in [0.1, 0.15) is 17.4 Å². The molecule has 1 fully saturated rings. The number of nitriles is 1. The summed E-state index contributed by atoms with van der Waals surface area (Å²) in [6.07, 6.45) is -2.30. The number of fused-ring (bicyclic) bond motifs is 1. The molecule has 34 heavy (non-hydrogen) atoms. The monoisotopic (exact) mass is 466 g/mol. The number of nitrogens with zero attached hydrogens (tertiary/aromatic N) is 3. The number of hydrogen-bond acceptors (Lipinski definition) is 6. The van der Waals surface area contributed by atoms with Gasteiger partial charge in [0.25, 0.3) is 11.8 Å². The predicted molar refractivity (Wildman–Crippen MR) is 122 cm³/mol. The summed E-state index contributed by atoms with van der Waals surface area (Å²) in [5, 5.41) is 32.4. The molecule has 1 saturated heterocycles. The normalized spacial score (nSPS) is 17.6. The number of carbonyl (C=O) groups excluding carboxylic acids is 2. The molecule has 3 N–H and O–H groups in total. The molecule has 178 valence electrons. The first-order valence-corrected chi connectivity index (χ1v) is 11.3. The Hall–Kier alpha value is -3.48. The summed E-state index contributed by atoms with van der Waals surface area (Å²) in [5.41, 5.74) is 2.55. The first kappa shape index (κ1) is 23.7. The Kier molecular flexibility index (Phi) is 7.10. The Bertz CT molecular complexity index is 1090. The largest absolute Gasteiger partial charge is 0.380 e. The molecule has 0 spiro atoms. The van der Waals surface area contributed by atoms with Crippen LogP contribution in [0.1, 0.15) is 29.5 Å². The molecule has 0 saturated carbocycles. The number of anilines is 1. The molecule has 2 atom stereocenters. The number of halogens is 1. The standard InChI is InChI=1S/C25H27FN4O4/c26-20-6-3-7-21(19(20)12-27)29-10-8-16(9-11-29)13-28-24(33)22(31)23(32)25(34)30-14-17-4-1-2-5-18(17)15-30/h1-7,16,22-23,31-32H,8-11,13-15H2,(H,28,33)/t22-,23-/m1/s1. The first-order chi connectivity index (χ1) is 16.4. The highest BCUT2D eigenvalue weighted by molar-refractivity contribution is 5.91. The van der Waals surface area contributed by atoms with E-state index in [1.165, 1.54) is 11.0 Å². The Morgan fingerprint density at radius 1 is 1.06 bits per heavy atom. The maximum atomic E-state index is 13.9. The minimum absolute atomic E-state index is 0.0251. The van der Waals surface area contributed by atoms with Gasteiger partial charge in [-0.15, -0.1) is 0 Å². The molecule has 0 aromatic heterocycles. The third-order valence-corrected chi connectivity index (χ3v) is 6.60. The Labute approximate surface area is 197 Å². The van der Waals surface area contributed by atoms with Crippen molar-refractivity contribution in [1.29, 1.82) is 5.26 Å². The zero-order valence-electron chi connectivity index (χ0n) is 18.7. The Balaban J connectivity index is 1.25. The molecule has 2 aromatic carbocycles. The van der Waals surface area contributed by atoms with Gasteiger partial charge in [0.15, 0.2) is 12.2 Å². The highest BCUT2D eigenvalue weighted by atomic mass is 19.1. The average molecular weight is 467 g/mol. The van der Waals surface area contributed by atoms with Gasteiger partial charge in [-0.2, -0.15) is 5.26 Å². The van der Waals surface area contributed by atoms with Gasteiger partial charge in [0, 0.05) is 32.7 Å². The number of nitrogens with one attached hydrogen (secondary N) is 1. The third-order valence-electron chi connectivity index (χ3n) is 6.60.